The highest BCUT2D eigenvalue weighted by atomic mass is 32.2. The molecule has 2 aliphatic heterocycles. The first-order valence-electron chi connectivity index (χ1n) is 12.7. The first kappa shape index (κ1) is 26.6. The van der Waals surface area contributed by atoms with Crippen molar-refractivity contribution in [1.29, 1.82) is 0 Å². The number of nitrogens with zero attached hydrogens (tertiary/aromatic N) is 5. The summed E-state index contributed by atoms with van der Waals surface area (Å²) < 4.78 is 62.5. The fourth-order valence-corrected chi connectivity index (χ4v) is 6.26. The lowest BCUT2D eigenvalue weighted by Gasteiger charge is -2.35. The lowest BCUT2D eigenvalue weighted by atomic mass is 10.1. The molecular weight excluding hydrogens is 517 g/mol. The predicted molar refractivity (Wildman–Crippen MR) is 142 cm³/mol. The Morgan fingerprint density at radius 3 is 2.26 bits per heavy atom. The van der Waals surface area contributed by atoms with Crippen LogP contribution in [0.25, 0.3) is 10.8 Å². The number of nitrogens with one attached hydrogen (secondary N) is 1. The van der Waals surface area contributed by atoms with Gasteiger partial charge in [0.05, 0.1) is 17.1 Å². The van der Waals surface area contributed by atoms with E-state index in [4.69, 9.17) is 0 Å². The van der Waals surface area contributed by atoms with Gasteiger partial charge in [0.1, 0.15) is 0 Å². The minimum Gasteiger partial charge on any atom is -0.367 e. The van der Waals surface area contributed by atoms with Gasteiger partial charge in [-0.05, 0) is 11.6 Å². The molecule has 1 N–H and O–H groups in total. The van der Waals surface area contributed by atoms with Crippen LogP contribution in [0.5, 0.6) is 0 Å². The van der Waals surface area contributed by atoms with E-state index >= 15 is 0 Å². The van der Waals surface area contributed by atoms with Gasteiger partial charge in [-0.3, -0.25) is 9.80 Å². The molecule has 3 heterocycles. The Labute approximate surface area is 220 Å². The minimum absolute atomic E-state index is 0.206. The zero-order valence-corrected chi connectivity index (χ0v) is 21.8. The summed E-state index contributed by atoms with van der Waals surface area (Å²) in [6, 6.07) is 13.5. The van der Waals surface area contributed by atoms with Gasteiger partial charge in [-0.1, -0.05) is 42.5 Å². The number of rotatable bonds is 7. The zero-order chi connectivity index (χ0) is 26.8. The number of benzene rings is 2. The quantitative estimate of drug-likeness (QED) is 0.483. The van der Waals surface area contributed by atoms with Crippen LogP contribution in [0, 0.1) is 0 Å². The van der Waals surface area contributed by atoms with Gasteiger partial charge in [0.25, 0.3) is 0 Å². The number of sulfone groups is 1. The molecule has 2 aromatic carbocycles. The van der Waals surface area contributed by atoms with E-state index in [0.29, 0.717) is 63.7 Å². The van der Waals surface area contributed by atoms with Crippen molar-refractivity contribution < 1.29 is 21.6 Å². The Hall–Kier alpha value is -2.96. The third-order valence-electron chi connectivity index (χ3n) is 7.16. The van der Waals surface area contributed by atoms with Crippen molar-refractivity contribution >= 4 is 32.2 Å². The Kier molecular flexibility index (Phi) is 7.73. The molecule has 0 unspecified atom stereocenters. The molecular formula is C26H31F3N6O2S. The van der Waals surface area contributed by atoms with Gasteiger partial charge in [-0.25, -0.2) is 8.42 Å². The largest absolute Gasteiger partial charge is 0.416 e. The molecule has 0 saturated carbocycles. The number of anilines is 2. The summed E-state index contributed by atoms with van der Waals surface area (Å²) in [5, 5.41) is 14.3. The normalized spacial score (nSPS) is 19.1. The maximum Gasteiger partial charge on any atom is 0.416 e. The lowest BCUT2D eigenvalue weighted by molar-refractivity contribution is -0.137. The van der Waals surface area contributed by atoms with E-state index in [1.54, 1.807) is 6.07 Å². The molecule has 38 heavy (non-hydrogen) atoms. The molecule has 0 amide bonds. The third kappa shape index (κ3) is 6.36. The average molecular weight is 549 g/mol. The van der Waals surface area contributed by atoms with E-state index in [0.717, 1.165) is 29.2 Å². The molecule has 204 valence electrons. The van der Waals surface area contributed by atoms with Crippen LogP contribution in [0.4, 0.5) is 24.8 Å². The van der Waals surface area contributed by atoms with E-state index in [2.05, 4.69) is 30.2 Å². The number of alkyl halides is 3. The average Bonchev–Trinajstić information content (AvgIpc) is 2.90. The summed E-state index contributed by atoms with van der Waals surface area (Å²) in [4.78, 5) is 6.47. The highest BCUT2D eigenvalue weighted by Gasteiger charge is 2.30. The molecule has 2 saturated heterocycles. The second-order valence-corrected chi connectivity index (χ2v) is 12.1. The number of hydrogen-bond donors (Lipinski definition) is 1. The zero-order valence-electron chi connectivity index (χ0n) is 21.0. The number of aromatic nitrogens is 2. The topological polar surface area (TPSA) is 81.7 Å². The van der Waals surface area contributed by atoms with Gasteiger partial charge >= 0.3 is 6.18 Å². The predicted octanol–water partition coefficient (Wildman–Crippen LogP) is 3.11. The molecule has 0 spiro atoms. The van der Waals surface area contributed by atoms with Crippen LogP contribution in [-0.2, 0) is 22.6 Å². The van der Waals surface area contributed by atoms with Gasteiger partial charge in [0, 0.05) is 69.7 Å². The van der Waals surface area contributed by atoms with Gasteiger partial charge < -0.3 is 10.2 Å². The van der Waals surface area contributed by atoms with Crippen LogP contribution in [0.3, 0.4) is 0 Å². The van der Waals surface area contributed by atoms with Crippen molar-refractivity contribution in [2.45, 2.75) is 12.7 Å². The van der Waals surface area contributed by atoms with E-state index in [-0.39, 0.29) is 11.5 Å². The molecule has 12 heteroatoms. The first-order valence-corrected chi connectivity index (χ1v) is 14.6. The van der Waals surface area contributed by atoms with Crippen LogP contribution < -0.4 is 10.2 Å². The van der Waals surface area contributed by atoms with Gasteiger partial charge in [-0.2, -0.15) is 13.2 Å². The molecule has 3 aromatic rings. The van der Waals surface area contributed by atoms with E-state index in [1.165, 1.54) is 12.1 Å². The van der Waals surface area contributed by atoms with Crippen molar-refractivity contribution in [3.63, 3.8) is 0 Å². The standard InChI is InChI=1S/C26H31F3N6O2S/c27-26(28,29)21-5-3-4-20(18-21)19-34-10-12-35(13-11-34)25-23-7-2-1-6-22(23)24(31-32-25)30-8-9-33-14-16-38(36,37)17-15-33/h1-7,18H,8-17,19H2,(H,30,31). The number of fused-ring (bicyclic) bond motifs is 1. The molecule has 5 rings (SSSR count). The van der Waals surface area contributed by atoms with Gasteiger partial charge in [0.15, 0.2) is 21.5 Å². The molecule has 2 aliphatic rings. The number of halogens is 3. The van der Waals surface area contributed by atoms with Crippen molar-refractivity contribution in [3.8, 4) is 0 Å². The molecule has 1 aromatic heterocycles. The van der Waals surface area contributed by atoms with Crippen LogP contribution in [0.1, 0.15) is 11.1 Å². The minimum atomic E-state index is -4.34. The first-order chi connectivity index (χ1) is 18.2. The summed E-state index contributed by atoms with van der Waals surface area (Å²) in [6.07, 6.45) is -4.34. The Bertz CT molecular complexity index is 1360. The summed E-state index contributed by atoms with van der Waals surface area (Å²) in [6.45, 7) is 5.73. The van der Waals surface area contributed by atoms with Crippen LogP contribution >= 0.6 is 0 Å². The van der Waals surface area contributed by atoms with E-state index in [1.807, 2.05) is 24.3 Å². The van der Waals surface area contributed by atoms with Crippen molar-refractivity contribution in [2.24, 2.45) is 0 Å². The van der Waals surface area contributed by atoms with E-state index in [9.17, 15) is 21.6 Å². The van der Waals surface area contributed by atoms with Crippen molar-refractivity contribution in [3.05, 3.63) is 59.7 Å². The SMILES string of the molecule is O=S1(=O)CCN(CCNc2nnc(N3CCN(Cc4cccc(C(F)(F)F)c4)CC3)c3ccccc23)CC1. The van der Waals surface area contributed by atoms with Gasteiger partial charge in [-0.15, -0.1) is 10.2 Å². The van der Waals surface area contributed by atoms with E-state index < -0.39 is 21.6 Å². The highest BCUT2D eigenvalue weighted by Crippen LogP contribution is 2.31. The van der Waals surface area contributed by atoms with Crippen molar-refractivity contribution in [2.75, 3.05) is 74.1 Å². The molecule has 0 aliphatic carbocycles. The second kappa shape index (κ2) is 11.0. The Morgan fingerprint density at radius 2 is 1.55 bits per heavy atom. The molecule has 0 atom stereocenters. The lowest BCUT2D eigenvalue weighted by Crippen LogP contribution is -2.46. The smallest absolute Gasteiger partial charge is 0.367 e. The maximum atomic E-state index is 13.1. The van der Waals surface area contributed by atoms with Crippen LogP contribution in [0.2, 0.25) is 0 Å². The van der Waals surface area contributed by atoms with Crippen LogP contribution in [0.15, 0.2) is 48.5 Å². The molecule has 2 fully saturated rings. The summed E-state index contributed by atoms with van der Waals surface area (Å²) in [5.41, 5.74) is 0.0353. The van der Waals surface area contributed by atoms with Crippen molar-refractivity contribution in [1.82, 2.24) is 20.0 Å². The Morgan fingerprint density at radius 1 is 0.842 bits per heavy atom. The third-order valence-corrected chi connectivity index (χ3v) is 8.77. The highest BCUT2D eigenvalue weighted by molar-refractivity contribution is 7.91. The molecule has 0 bridgehead atoms. The maximum absolute atomic E-state index is 13.1. The number of piperazine rings is 1. The fraction of sp³-hybridized carbons (Fsp3) is 0.462. The second-order valence-electron chi connectivity index (χ2n) is 9.80. The fourth-order valence-electron chi connectivity index (χ4n) is 4.98. The monoisotopic (exact) mass is 548 g/mol. The summed E-state index contributed by atoms with van der Waals surface area (Å²) in [5.74, 6) is 1.90. The van der Waals surface area contributed by atoms with Gasteiger partial charge in [0.2, 0.25) is 0 Å². The molecule has 8 nitrogen and oxygen atoms in total. The summed E-state index contributed by atoms with van der Waals surface area (Å²) in [7, 11) is -2.90. The molecule has 0 radical (unpaired) electrons. The number of hydrogen-bond acceptors (Lipinski definition) is 8. The summed E-state index contributed by atoms with van der Waals surface area (Å²) >= 11 is 0. The Balaban J connectivity index is 1.20. The van der Waals surface area contributed by atoms with Crippen LogP contribution in [-0.4, -0.2) is 92.3 Å².